The number of thiophene rings is 1. The highest BCUT2D eigenvalue weighted by Gasteiger charge is 2.22. The van der Waals surface area contributed by atoms with Gasteiger partial charge in [-0.25, -0.2) is 8.42 Å². The second-order valence-electron chi connectivity index (χ2n) is 3.60. The number of nitrogens with one attached hydrogen (secondary N) is 2. The van der Waals surface area contributed by atoms with Gasteiger partial charge in [0, 0.05) is 4.88 Å². The van der Waals surface area contributed by atoms with Crippen LogP contribution in [0.15, 0.2) is 20.9 Å². The van der Waals surface area contributed by atoms with Crippen molar-refractivity contribution in [2.45, 2.75) is 11.8 Å². The predicted octanol–water partition coefficient (Wildman–Crippen LogP) is 1.98. The minimum atomic E-state index is -3.71. The number of H-pyrrole nitrogens is 1. The smallest absolute Gasteiger partial charge is 0.264 e. The molecule has 2 heterocycles. The largest absolute Gasteiger partial charge is 0.389 e. The zero-order valence-corrected chi connectivity index (χ0v) is 13.6. The van der Waals surface area contributed by atoms with Gasteiger partial charge >= 0.3 is 0 Å². The van der Waals surface area contributed by atoms with Gasteiger partial charge in [0.25, 0.3) is 10.0 Å². The van der Waals surface area contributed by atoms with Crippen molar-refractivity contribution in [2.75, 3.05) is 4.72 Å². The quantitative estimate of drug-likeness (QED) is 0.703. The van der Waals surface area contributed by atoms with Gasteiger partial charge in [0.05, 0.1) is 15.5 Å². The van der Waals surface area contributed by atoms with Crippen LogP contribution in [0.2, 0.25) is 0 Å². The van der Waals surface area contributed by atoms with Gasteiger partial charge in [-0.3, -0.25) is 9.82 Å². The number of halogens is 1. The van der Waals surface area contributed by atoms with Crippen LogP contribution in [0.4, 0.5) is 5.82 Å². The molecule has 0 aromatic carbocycles. The van der Waals surface area contributed by atoms with Crippen LogP contribution in [0.25, 0.3) is 0 Å². The molecule has 0 aliphatic rings. The van der Waals surface area contributed by atoms with Gasteiger partial charge in [-0.2, -0.15) is 5.10 Å². The second-order valence-corrected chi connectivity index (χ2v) is 8.33. The third kappa shape index (κ3) is 2.96. The van der Waals surface area contributed by atoms with Crippen LogP contribution in [0.1, 0.15) is 10.4 Å². The Bertz CT molecular complexity index is 734. The van der Waals surface area contributed by atoms with E-state index in [2.05, 4.69) is 30.8 Å². The number of nitrogens with zero attached hydrogens (tertiary/aromatic N) is 1. The van der Waals surface area contributed by atoms with E-state index in [1.165, 1.54) is 17.5 Å². The van der Waals surface area contributed by atoms with E-state index in [1.807, 2.05) is 0 Å². The molecule has 0 unspecified atom stereocenters. The van der Waals surface area contributed by atoms with E-state index in [9.17, 15) is 8.42 Å². The van der Waals surface area contributed by atoms with Gasteiger partial charge in [0.15, 0.2) is 0 Å². The fourth-order valence-corrected chi connectivity index (χ4v) is 5.04. The summed E-state index contributed by atoms with van der Waals surface area (Å²) < 4.78 is 27.6. The fraction of sp³-hybridized carbons (Fsp3) is 0.111. The normalized spacial score (nSPS) is 11.5. The monoisotopic (exact) mass is 380 g/mol. The molecule has 6 nitrogen and oxygen atoms in total. The van der Waals surface area contributed by atoms with E-state index >= 15 is 0 Å². The lowest BCUT2D eigenvalue weighted by molar-refractivity contribution is 0.601. The number of nitrogens with two attached hydrogens (primary N) is 1. The van der Waals surface area contributed by atoms with Crippen LogP contribution in [0.3, 0.4) is 0 Å². The molecule has 0 saturated carbocycles. The number of hydrogen-bond acceptors (Lipinski definition) is 5. The molecule has 0 amide bonds. The minimum Gasteiger partial charge on any atom is -0.389 e. The van der Waals surface area contributed by atoms with Crippen molar-refractivity contribution in [3.05, 3.63) is 26.5 Å². The van der Waals surface area contributed by atoms with Crippen LogP contribution in [0.5, 0.6) is 0 Å². The molecule has 0 spiro atoms. The van der Waals surface area contributed by atoms with E-state index in [4.69, 9.17) is 18.0 Å². The first-order valence-corrected chi connectivity index (χ1v) is 8.43. The van der Waals surface area contributed by atoms with E-state index in [0.29, 0.717) is 10.4 Å². The second kappa shape index (κ2) is 5.19. The molecule has 2 aromatic rings. The van der Waals surface area contributed by atoms with Gasteiger partial charge in [-0.1, -0.05) is 12.2 Å². The van der Waals surface area contributed by atoms with Gasteiger partial charge < -0.3 is 5.73 Å². The summed E-state index contributed by atoms with van der Waals surface area (Å²) in [6.45, 7) is 1.73. The highest BCUT2D eigenvalue weighted by molar-refractivity contribution is 9.11. The molecule has 0 aliphatic heterocycles. The summed E-state index contributed by atoms with van der Waals surface area (Å²) in [5.74, 6) is 0.161. The topological polar surface area (TPSA) is 101 Å². The Morgan fingerprint density at radius 3 is 2.84 bits per heavy atom. The Morgan fingerprint density at radius 2 is 2.32 bits per heavy atom. The Morgan fingerprint density at radius 1 is 1.63 bits per heavy atom. The maximum Gasteiger partial charge on any atom is 0.264 e. The Balaban J connectivity index is 2.39. The van der Waals surface area contributed by atoms with E-state index < -0.39 is 10.0 Å². The molecular formula is C9H9BrN4O2S3. The SMILES string of the molecule is Cc1sc(Br)cc1S(=O)(=O)Nc1[nH]ncc1C(N)=S. The van der Waals surface area contributed by atoms with E-state index in [1.54, 1.807) is 13.0 Å². The molecule has 19 heavy (non-hydrogen) atoms. The third-order valence-corrected chi connectivity index (χ3v) is 5.65. The van der Waals surface area contributed by atoms with Crippen molar-refractivity contribution in [2.24, 2.45) is 5.73 Å². The van der Waals surface area contributed by atoms with Crippen LogP contribution < -0.4 is 10.5 Å². The standard InChI is InChI=1S/C9H9BrN4O2S3/c1-4-6(2-7(10)18-4)19(15,16)14-9-5(8(11)17)3-12-13-9/h2-3H,1H3,(H2,11,17)(H2,12,13,14). The zero-order valence-electron chi connectivity index (χ0n) is 9.60. The Kier molecular flexibility index (Phi) is 3.95. The molecule has 0 radical (unpaired) electrons. The summed E-state index contributed by atoms with van der Waals surface area (Å²) in [4.78, 5) is 0.943. The molecular weight excluding hydrogens is 372 g/mol. The molecule has 102 valence electrons. The van der Waals surface area contributed by atoms with Crippen LogP contribution in [-0.4, -0.2) is 23.6 Å². The summed E-state index contributed by atoms with van der Waals surface area (Å²) in [7, 11) is -3.71. The van der Waals surface area contributed by atoms with Crippen molar-refractivity contribution in [1.82, 2.24) is 10.2 Å². The molecule has 0 atom stereocenters. The number of rotatable bonds is 4. The number of aromatic amines is 1. The van der Waals surface area contributed by atoms with E-state index in [0.717, 1.165) is 3.79 Å². The number of anilines is 1. The molecule has 0 aliphatic carbocycles. The predicted molar refractivity (Wildman–Crippen MR) is 82.0 cm³/mol. The minimum absolute atomic E-state index is 0.0645. The summed E-state index contributed by atoms with van der Waals surface area (Å²) in [6, 6.07) is 1.54. The van der Waals surface area contributed by atoms with Gasteiger partial charge in [-0.15, -0.1) is 11.3 Å². The number of thiocarbonyl (C=S) groups is 1. The molecule has 4 N–H and O–H groups in total. The fourth-order valence-electron chi connectivity index (χ4n) is 1.44. The van der Waals surface area contributed by atoms with Crippen LogP contribution in [-0.2, 0) is 10.0 Å². The first kappa shape index (κ1) is 14.4. The Labute approximate surface area is 127 Å². The van der Waals surface area contributed by atoms with Crippen molar-refractivity contribution in [1.29, 1.82) is 0 Å². The van der Waals surface area contributed by atoms with Crippen molar-refractivity contribution in [3.63, 3.8) is 0 Å². The summed E-state index contributed by atoms with van der Waals surface area (Å²) >= 11 is 9.41. The van der Waals surface area contributed by atoms with Gasteiger partial charge in [0.1, 0.15) is 15.7 Å². The highest BCUT2D eigenvalue weighted by atomic mass is 79.9. The summed E-state index contributed by atoms with van der Waals surface area (Å²) in [5.41, 5.74) is 5.83. The van der Waals surface area contributed by atoms with Crippen molar-refractivity contribution < 1.29 is 8.42 Å². The average Bonchev–Trinajstić information content (AvgIpc) is 2.84. The van der Waals surface area contributed by atoms with E-state index in [-0.39, 0.29) is 15.7 Å². The first-order chi connectivity index (χ1) is 8.81. The van der Waals surface area contributed by atoms with Crippen LogP contribution >= 0.6 is 39.5 Å². The number of aromatic nitrogens is 2. The lowest BCUT2D eigenvalue weighted by Crippen LogP contribution is -2.17. The maximum absolute atomic E-state index is 12.3. The molecule has 10 heteroatoms. The molecule has 0 saturated heterocycles. The third-order valence-electron chi connectivity index (χ3n) is 2.27. The summed E-state index contributed by atoms with van der Waals surface area (Å²) in [5, 5.41) is 6.25. The molecule has 2 aromatic heterocycles. The van der Waals surface area contributed by atoms with Gasteiger partial charge in [-0.05, 0) is 28.9 Å². The molecule has 0 bridgehead atoms. The zero-order chi connectivity index (χ0) is 14.2. The van der Waals surface area contributed by atoms with Gasteiger partial charge in [0.2, 0.25) is 0 Å². The lowest BCUT2D eigenvalue weighted by Gasteiger charge is -2.07. The first-order valence-electron chi connectivity index (χ1n) is 4.93. The Hall–Kier alpha value is -0.970. The van der Waals surface area contributed by atoms with Crippen molar-refractivity contribution >= 4 is 60.3 Å². The summed E-state index contributed by atoms with van der Waals surface area (Å²) in [6.07, 6.45) is 1.37. The average molecular weight is 381 g/mol. The highest BCUT2D eigenvalue weighted by Crippen LogP contribution is 2.30. The number of hydrogen-bond donors (Lipinski definition) is 3. The number of sulfonamides is 1. The van der Waals surface area contributed by atoms with Crippen LogP contribution in [0, 0.1) is 6.92 Å². The molecule has 0 fully saturated rings. The van der Waals surface area contributed by atoms with Crippen molar-refractivity contribution in [3.8, 4) is 0 Å². The maximum atomic E-state index is 12.3. The lowest BCUT2D eigenvalue weighted by atomic mass is 10.3. The molecule has 2 rings (SSSR count). The number of aryl methyl sites for hydroxylation is 1.